The Balaban J connectivity index is -0.00000190. The minimum absolute atomic E-state index is 0. The molecule has 14 heteroatoms. The van der Waals surface area contributed by atoms with Crippen LogP contribution in [-0.2, 0) is 30.3 Å². The second kappa shape index (κ2) is 31.3. The van der Waals surface area contributed by atoms with Crippen LogP contribution in [-0.4, -0.2) is 69.3 Å². The number of hydrogen-bond donors (Lipinski definition) is 2. The van der Waals surface area contributed by atoms with Gasteiger partial charge < -0.3 is 45.7 Å². The Morgan fingerprint density at radius 2 is 1.55 bits per heavy atom. The zero-order valence-corrected chi connectivity index (χ0v) is 40.9. The molecule has 11 nitrogen and oxygen atoms in total. The smallest absolute Gasteiger partial charge is 0.651 e. The van der Waals surface area contributed by atoms with Gasteiger partial charge in [0, 0.05) is 52.7 Å². The molecule has 0 aromatic heterocycles. The first-order valence-corrected chi connectivity index (χ1v) is 13.1. The van der Waals surface area contributed by atoms with Crippen molar-refractivity contribution in [3.8, 4) is 0 Å². The van der Waals surface area contributed by atoms with Crippen molar-refractivity contribution in [3.05, 3.63) is 57.6 Å². The Morgan fingerprint density at radius 1 is 0.857 bits per heavy atom. The van der Waals surface area contributed by atoms with Gasteiger partial charge in [-0.05, 0) is 38.8 Å². The van der Waals surface area contributed by atoms with Crippen molar-refractivity contribution in [2.24, 2.45) is 0 Å². The number of hydrogen-bond acceptors (Lipinski definition) is 7. The monoisotopic (exact) mass is 799 g/mol. The number of nitrogens with one attached hydrogen (secondary N) is 2. The van der Waals surface area contributed by atoms with E-state index < -0.39 is 18.2 Å². The molecule has 0 aliphatic heterocycles. The topological polar surface area (TPSA) is 161 Å². The summed E-state index contributed by atoms with van der Waals surface area (Å²) >= 11 is 0. The second-order valence-corrected chi connectivity index (χ2v) is 8.94. The van der Waals surface area contributed by atoms with E-state index in [1.54, 1.807) is 45.2 Å². The van der Waals surface area contributed by atoms with E-state index in [0.29, 0.717) is 38.2 Å². The van der Waals surface area contributed by atoms with Gasteiger partial charge >= 0.3 is 175 Å². The number of urea groups is 1. The van der Waals surface area contributed by atoms with E-state index in [1.165, 1.54) is 6.08 Å². The third-order valence-electron chi connectivity index (χ3n) is 5.35. The van der Waals surface area contributed by atoms with Crippen LogP contribution in [0, 0.1) is 0 Å². The average molecular weight is 801 g/mol. The number of carbonyl (C=O) groups is 5. The largest absolute Gasteiger partial charge is 1.00 e. The molecule has 0 heterocycles. The van der Waals surface area contributed by atoms with Crippen LogP contribution < -0.4 is 185 Å². The van der Waals surface area contributed by atoms with Crippen molar-refractivity contribution >= 4 is 35.1 Å². The molecule has 0 aliphatic rings. The summed E-state index contributed by atoms with van der Waals surface area (Å²) in [4.78, 5) is 58.4. The van der Waals surface area contributed by atoms with Crippen LogP contribution in [0.5, 0.6) is 0 Å². The molecule has 218 valence electrons. The summed E-state index contributed by atoms with van der Waals surface area (Å²) in [6.07, 6.45) is 4.99. The Kier molecular flexibility index (Phi) is 35.8. The van der Waals surface area contributed by atoms with Gasteiger partial charge in [0.2, 0.25) is 0 Å². The standard InChI is InChI=1S/C28H43N5O6.3Rb.H2/c1-21(29-3)18-25(35)19-23-9-11-24(12-10-23)33-27(37)20-26(36)30-15-17-39-16-7-14-32-28(38)31-13-6-4-5-8-22(2)34;;;;/h9-12,18H,4-8,13-17,19-20H2,1-3H3,(H5,29,30,31,32,33,35,36,37,38);;;;1H/q;3*+1;/p-3. The van der Waals surface area contributed by atoms with E-state index >= 15 is 0 Å². The number of rotatable bonds is 20. The molecule has 4 amide bonds. The van der Waals surface area contributed by atoms with Crippen LogP contribution in [0.25, 0.3) is 16.0 Å². The minimum atomic E-state index is -0.600. The Labute approximate surface area is 398 Å². The van der Waals surface area contributed by atoms with Crippen molar-refractivity contribution in [1.29, 1.82) is 0 Å². The average Bonchev–Trinajstić information content (AvgIpc) is 2.88. The molecule has 1 rings (SSSR count). The first-order chi connectivity index (χ1) is 18.7. The third kappa shape index (κ3) is 28.0. The van der Waals surface area contributed by atoms with Crippen molar-refractivity contribution in [3.63, 3.8) is 0 Å². The van der Waals surface area contributed by atoms with Gasteiger partial charge in [0.15, 0.2) is 11.8 Å². The van der Waals surface area contributed by atoms with Gasteiger partial charge in [-0.1, -0.05) is 43.7 Å². The fraction of sp³-hybridized carbons (Fsp3) is 0.536. The van der Waals surface area contributed by atoms with Crippen molar-refractivity contribution in [1.82, 2.24) is 10.6 Å². The summed E-state index contributed by atoms with van der Waals surface area (Å²) < 4.78 is 5.37. The SMILES string of the molecule is CN/C(C)=C\C(=O)Cc1ccc([N-]C(=O)CC(=O)[N-]CCOCCC[N-]C(=O)NCCCCCC(C)=O)cc1.[HH].[Rb+].[Rb+].[Rb+]. The Hall–Kier alpha value is 1.69. The molecule has 2 N–H and O–H groups in total. The van der Waals surface area contributed by atoms with Crippen molar-refractivity contribution in [2.45, 2.75) is 58.8 Å². The van der Waals surface area contributed by atoms with Gasteiger partial charge in [-0.2, -0.15) is 0 Å². The summed E-state index contributed by atoms with van der Waals surface area (Å²) in [6, 6.07) is 6.32. The van der Waals surface area contributed by atoms with Crippen LogP contribution in [0.4, 0.5) is 10.5 Å². The number of Topliss-reactive ketones (excluding diaryl/α,β-unsaturated/α-hetero) is 1. The zero-order chi connectivity index (χ0) is 28.9. The van der Waals surface area contributed by atoms with Gasteiger partial charge in [0.25, 0.3) is 0 Å². The maximum atomic E-state index is 12.0. The molecule has 1 aromatic carbocycles. The second-order valence-electron chi connectivity index (χ2n) is 8.94. The predicted octanol–water partition coefficient (Wildman–Crippen LogP) is -4.36. The number of benzene rings is 1. The summed E-state index contributed by atoms with van der Waals surface area (Å²) in [5, 5.41) is 17.2. The van der Waals surface area contributed by atoms with Gasteiger partial charge in [0.1, 0.15) is 5.78 Å². The molecule has 0 spiro atoms. The zero-order valence-electron chi connectivity index (χ0n) is 26.2. The maximum Gasteiger partial charge on any atom is 1.00 e. The summed E-state index contributed by atoms with van der Waals surface area (Å²) in [5.41, 5.74) is 1.97. The first kappa shape index (κ1) is 48.1. The molecular weight excluding hydrogens is 759 g/mol. The van der Waals surface area contributed by atoms with Crippen molar-refractivity contribution < 1.29 is 205 Å². The van der Waals surface area contributed by atoms with Crippen LogP contribution in [0.2, 0.25) is 0 Å². The molecule has 0 saturated heterocycles. The van der Waals surface area contributed by atoms with Crippen LogP contribution in [0.15, 0.2) is 36.0 Å². The summed E-state index contributed by atoms with van der Waals surface area (Å²) in [6.45, 7) is 4.94. The summed E-state index contributed by atoms with van der Waals surface area (Å²) in [5.74, 6) is -1.04. The van der Waals surface area contributed by atoms with Gasteiger partial charge in [-0.25, -0.2) is 0 Å². The van der Waals surface area contributed by atoms with E-state index in [4.69, 9.17) is 4.74 Å². The molecule has 42 heavy (non-hydrogen) atoms. The van der Waals surface area contributed by atoms with Crippen molar-refractivity contribution in [2.75, 3.05) is 39.9 Å². The third-order valence-corrected chi connectivity index (χ3v) is 5.35. The van der Waals surface area contributed by atoms with E-state index in [9.17, 15) is 24.0 Å². The fourth-order valence-electron chi connectivity index (χ4n) is 3.23. The number of ether oxygens (including phenoxy) is 1. The normalized spacial score (nSPS) is 10.1. The molecule has 0 aliphatic carbocycles. The van der Waals surface area contributed by atoms with Gasteiger partial charge in [-0.15, -0.1) is 12.2 Å². The molecular formula is C28H42N5O6Rb3. The molecule has 0 fully saturated rings. The van der Waals surface area contributed by atoms with E-state index in [2.05, 4.69) is 26.6 Å². The predicted molar refractivity (Wildman–Crippen MR) is 152 cm³/mol. The number of ketones is 2. The van der Waals surface area contributed by atoms with Gasteiger partial charge in [0.05, 0.1) is 11.8 Å². The molecule has 0 unspecified atom stereocenters. The van der Waals surface area contributed by atoms with E-state index in [-0.39, 0.29) is 213 Å². The number of carbonyl (C=O) groups excluding carboxylic acids is 5. The fourth-order valence-corrected chi connectivity index (χ4v) is 3.23. The number of amides is 4. The Bertz CT molecular complexity index is 984. The maximum absolute atomic E-state index is 12.0. The molecule has 0 bridgehead atoms. The van der Waals surface area contributed by atoms with E-state index in [1.807, 2.05) is 0 Å². The Morgan fingerprint density at radius 3 is 2.19 bits per heavy atom. The number of nitrogens with zero attached hydrogens (tertiary/aromatic N) is 3. The first-order valence-electron chi connectivity index (χ1n) is 13.1. The number of allylic oxidation sites excluding steroid dienone is 2. The molecule has 0 radical (unpaired) electrons. The molecule has 0 saturated carbocycles. The van der Waals surface area contributed by atoms with Crippen LogP contribution in [0.1, 0.15) is 59.4 Å². The number of unbranched alkanes of at least 4 members (excludes halogenated alkanes) is 2. The van der Waals surface area contributed by atoms with Gasteiger partial charge in [-0.3, -0.25) is 9.59 Å². The van der Waals surface area contributed by atoms with Crippen LogP contribution in [0.3, 0.4) is 0 Å². The van der Waals surface area contributed by atoms with Crippen LogP contribution >= 0.6 is 0 Å². The molecule has 1 aromatic rings. The van der Waals surface area contributed by atoms with E-state index in [0.717, 1.165) is 30.5 Å². The molecule has 0 atom stereocenters. The quantitative estimate of drug-likeness (QED) is 0.0767. The minimum Gasteiger partial charge on any atom is -0.651 e. The summed E-state index contributed by atoms with van der Waals surface area (Å²) in [7, 11) is 1.74.